The Balaban J connectivity index is 1.67. The molecule has 1 heterocycles. The number of alkyl halides is 1. The van der Waals surface area contributed by atoms with Gasteiger partial charge in [-0.25, -0.2) is 0 Å². The fraction of sp³-hybridized carbons (Fsp3) is 0.647. The first-order valence-electron chi connectivity index (χ1n) is 7.75. The summed E-state index contributed by atoms with van der Waals surface area (Å²) in [7, 11) is 0. The van der Waals surface area contributed by atoms with Gasteiger partial charge in [0.15, 0.2) is 0 Å². The van der Waals surface area contributed by atoms with Crippen LogP contribution >= 0.6 is 11.6 Å². The van der Waals surface area contributed by atoms with Crippen LogP contribution in [-0.2, 0) is 0 Å². The van der Waals surface area contributed by atoms with Crippen molar-refractivity contribution in [1.29, 1.82) is 0 Å². The Kier molecular flexibility index (Phi) is 6.68. The van der Waals surface area contributed by atoms with E-state index in [1.807, 2.05) is 12.1 Å². The molecule has 0 saturated carbocycles. The summed E-state index contributed by atoms with van der Waals surface area (Å²) in [4.78, 5) is 2.56. The van der Waals surface area contributed by atoms with Crippen LogP contribution in [0.5, 0.6) is 5.75 Å². The second-order valence-electron chi connectivity index (χ2n) is 5.84. The van der Waals surface area contributed by atoms with Crippen LogP contribution in [0.2, 0.25) is 0 Å². The van der Waals surface area contributed by atoms with Gasteiger partial charge >= 0.3 is 0 Å². The van der Waals surface area contributed by atoms with Crippen LogP contribution in [0.4, 0.5) is 0 Å². The zero-order valence-corrected chi connectivity index (χ0v) is 13.2. The highest BCUT2D eigenvalue weighted by molar-refractivity contribution is 6.18. The molecule has 1 aromatic carbocycles. The van der Waals surface area contributed by atoms with Gasteiger partial charge in [0.25, 0.3) is 0 Å². The number of benzene rings is 1. The Morgan fingerprint density at radius 2 is 2.25 bits per heavy atom. The molecule has 0 aliphatic carbocycles. The smallest absolute Gasteiger partial charge is 0.119 e. The molecule has 1 fully saturated rings. The molecule has 0 radical (unpaired) electrons. The topological polar surface area (TPSA) is 12.5 Å². The molecule has 1 aliphatic rings. The Bertz CT molecular complexity index is 396. The lowest BCUT2D eigenvalue weighted by Gasteiger charge is -2.23. The highest BCUT2D eigenvalue weighted by atomic mass is 35.5. The number of rotatable bonds is 6. The molecular formula is C17H26ClNO. The van der Waals surface area contributed by atoms with Gasteiger partial charge in [0.05, 0.1) is 6.61 Å². The molecule has 0 N–H and O–H groups in total. The van der Waals surface area contributed by atoms with Crippen molar-refractivity contribution in [2.75, 3.05) is 32.1 Å². The zero-order valence-electron chi connectivity index (χ0n) is 12.5. The third-order valence-electron chi connectivity index (χ3n) is 3.95. The number of aryl methyl sites for hydroxylation is 1. The third kappa shape index (κ3) is 5.34. The molecule has 2 rings (SSSR count). The Labute approximate surface area is 128 Å². The summed E-state index contributed by atoms with van der Waals surface area (Å²) in [6.45, 7) is 6.40. The number of hydrogen-bond acceptors (Lipinski definition) is 2. The first kappa shape index (κ1) is 15.7. The van der Waals surface area contributed by atoms with Crippen molar-refractivity contribution in [1.82, 2.24) is 4.90 Å². The van der Waals surface area contributed by atoms with E-state index in [4.69, 9.17) is 16.3 Å². The van der Waals surface area contributed by atoms with Crippen molar-refractivity contribution in [2.45, 2.75) is 32.6 Å². The molecule has 0 aromatic heterocycles. The number of likely N-dealkylation sites (tertiary alicyclic amines) is 1. The van der Waals surface area contributed by atoms with Gasteiger partial charge in [0.2, 0.25) is 0 Å². The standard InChI is InChI=1S/C17H26ClNO/c1-15-6-4-8-17(12-15)20-11-5-10-19-9-3-2-7-16(13-18)14-19/h4,6,8,12,16H,2-3,5,7,9-11,13-14H2,1H3. The average molecular weight is 296 g/mol. The molecular weight excluding hydrogens is 270 g/mol. The Morgan fingerprint density at radius 1 is 1.35 bits per heavy atom. The monoisotopic (exact) mass is 295 g/mol. The van der Waals surface area contributed by atoms with Crippen LogP contribution in [0, 0.1) is 12.8 Å². The molecule has 0 amide bonds. The zero-order chi connectivity index (χ0) is 14.2. The number of hydrogen-bond donors (Lipinski definition) is 0. The molecule has 1 aromatic rings. The maximum Gasteiger partial charge on any atom is 0.119 e. The Hall–Kier alpha value is -0.730. The van der Waals surface area contributed by atoms with E-state index in [0.29, 0.717) is 5.92 Å². The average Bonchev–Trinajstić information content (AvgIpc) is 2.69. The van der Waals surface area contributed by atoms with E-state index in [-0.39, 0.29) is 0 Å². The number of ether oxygens (including phenoxy) is 1. The lowest BCUT2D eigenvalue weighted by molar-refractivity contribution is 0.224. The van der Waals surface area contributed by atoms with Crippen molar-refractivity contribution in [3.63, 3.8) is 0 Å². The van der Waals surface area contributed by atoms with Gasteiger partial charge in [-0.3, -0.25) is 0 Å². The van der Waals surface area contributed by atoms with Crippen molar-refractivity contribution in [3.8, 4) is 5.75 Å². The molecule has 1 aliphatic heterocycles. The molecule has 112 valence electrons. The molecule has 1 unspecified atom stereocenters. The van der Waals surface area contributed by atoms with E-state index in [2.05, 4.69) is 24.0 Å². The molecule has 20 heavy (non-hydrogen) atoms. The maximum atomic E-state index is 6.02. The highest BCUT2D eigenvalue weighted by Crippen LogP contribution is 2.18. The molecule has 0 bridgehead atoms. The molecule has 2 nitrogen and oxygen atoms in total. The minimum absolute atomic E-state index is 0.678. The molecule has 1 saturated heterocycles. The van der Waals surface area contributed by atoms with E-state index in [1.54, 1.807) is 0 Å². The molecule has 3 heteroatoms. The van der Waals surface area contributed by atoms with Crippen molar-refractivity contribution >= 4 is 11.6 Å². The van der Waals surface area contributed by atoms with Gasteiger partial charge in [-0.15, -0.1) is 11.6 Å². The van der Waals surface area contributed by atoms with E-state index >= 15 is 0 Å². The maximum absolute atomic E-state index is 6.02. The fourth-order valence-corrected chi connectivity index (χ4v) is 3.08. The van der Waals surface area contributed by atoms with Crippen molar-refractivity contribution < 1.29 is 4.74 Å². The minimum atomic E-state index is 0.678. The third-order valence-corrected chi connectivity index (χ3v) is 4.38. The predicted molar refractivity (Wildman–Crippen MR) is 85.8 cm³/mol. The van der Waals surface area contributed by atoms with Crippen LogP contribution < -0.4 is 4.74 Å². The van der Waals surface area contributed by atoms with Crippen LogP contribution in [-0.4, -0.2) is 37.0 Å². The SMILES string of the molecule is Cc1cccc(OCCCN2CCCCC(CCl)C2)c1. The van der Waals surface area contributed by atoms with Gasteiger partial charge in [-0.2, -0.15) is 0 Å². The molecule has 0 spiro atoms. The van der Waals surface area contributed by atoms with Gasteiger partial charge in [-0.1, -0.05) is 18.6 Å². The minimum Gasteiger partial charge on any atom is -0.494 e. The fourth-order valence-electron chi connectivity index (χ4n) is 2.83. The lowest BCUT2D eigenvalue weighted by Crippen LogP contribution is -2.30. The van der Waals surface area contributed by atoms with Crippen LogP contribution in [0.15, 0.2) is 24.3 Å². The lowest BCUT2D eigenvalue weighted by atomic mass is 10.1. The second kappa shape index (κ2) is 8.53. The van der Waals surface area contributed by atoms with Crippen molar-refractivity contribution in [3.05, 3.63) is 29.8 Å². The van der Waals surface area contributed by atoms with Crippen molar-refractivity contribution in [2.24, 2.45) is 5.92 Å². The summed E-state index contributed by atoms with van der Waals surface area (Å²) >= 11 is 6.02. The van der Waals surface area contributed by atoms with Gasteiger partial charge in [0.1, 0.15) is 5.75 Å². The summed E-state index contributed by atoms with van der Waals surface area (Å²) in [6.07, 6.45) is 5.02. The van der Waals surface area contributed by atoms with E-state index in [1.165, 1.54) is 31.4 Å². The highest BCUT2D eigenvalue weighted by Gasteiger charge is 2.16. The summed E-state index contributed by atoms with van der Waals surface area (Å²) in [6, 6.07) is 8.26. The summed E-state index contributed by atoms with van der Waals surface area (Å²) in [5.74, 6) is 2.47. The second-order valence-corrected chi connectivity index (χ2v) is 6.14. The predicted octanol–water partition coefficient (Wildman–Crippen LogP) is 4.10. The first-order chi connectivity index (χ1) is 9.78. The van der Waals surface area contributed by atoms with Crippen LogP contribution in [0.1, 0.15) is 31.2 Å². The quantitative estimate of drug-likeness (QED) is 0.578. The van der Waals surface area contributed by atoms with Crippen LogP contribution in [0.25, 0.3) is 0 Å². The summed E-state index contributed by atoms with van der Waals surface area (Å²) < 4.78 is 5.81. The normalized spacial score (nSPS) is 20.6. The Morgan fingerprint density at radius 3 is 3.05 bits per heavy atom. The number of nitrogens with zero attached hydrogens (tertiary/aromatic N) is 1. The summed E-state index contributed by atoms with van der Waals surface area (Å²) in [5, 5.41) is 0. The van der Waals surface area contributed by atoms with E-state index < -0.39 is 0 Å². The van der Waals surface area contributed by atoms with Gasteiger partial charge in [-0.05, 0) is 56.3 Å². The summed E-state index contributed by atoms with van der Waals surface area (Å²) in [5.41, 5.74) is 1.25. The van der Waals surface area contributed by atoms with Crippen LogP contribution in [0.3, 0.4) is 0 Å². The number of halogens is 1. The van der Waals surface area contributed by atoms with Gasteiger partial charge < -0.3 is 9.64 Å². The largest absolute Gasteiger partial charge is 0.494 e. The first-order valence-corrected chi connectivity index (χ1v) is 8.29. The molecule has 1 atom stereocenters. The van der Waals surface area contributed by atoms with E-state index in [0.717, 1.165) is 37.7 Å². The van der Waals surface area contributed by atoms with Gasteiger partial charge in [0, 0.05) is 19.0 Å². The van der Waals surface area contributed by atoms with E-state index in [9.17, 15) is 0 Å².